The van der Waals surface area contributed by atoms with E-state index in [0.29, 0.717) is 37.6 Å². The summed E-state index contributed by atoms with van der Waals surface area (Å²) in [5.74, 6) is 0.804. The Morgan fingerprint density at radius 1 is 0.662 bits per heavy atom. The fourth-order valence-electron chi connectivity index (χ4n) is 7.81. The van der Waals surface area contributed by atoms with Gasteiger partial charge in [0, 0.05) is 34.3 Å². The highest BCUT2D eigenvalue weighted by Gasteiger charge is 2.42. The van der Waals surface area contributed by atoms with E-state index in [4.69, 9.17) is 28.0 Å². The number of hydrogen-bond donors (Lipinski definition) is 1. The van der Waals surface area contributed by atoms with Crippen LogP contribution in [-0.4, -0.2) is 79.7 Å². The average Bonchev–Trinajstić information content (AvgIpc) is 3.44. The predicted molar refractivity (Wildman–Crippen MR) is 268 cm³/mol. The average molecular weight is 958 g/mol. The first kappa shape index (κ1) is 50.1. The first-order valence-corrected chi connectivity index (χ1v) is 28.5. The molecule has 0 aromatic heterocycles. The van der Waals surface area contributed by atoms with E-state index in [9.17, 15) is 9.67 Å². The SMILES string of the molecule is COc1cc(CN2C(=O)N(Cc3ccc(OCP(=O)(OCc4ccccc4)OCc4ccccc4)cc3)N(Cc3ccccc3)CC(OCOCC[Si](C)(C)C)C2Cc2ccccc2)ccc1O. The van der Waals surface area contributed by atoms with Gasteiger partial charge in [-0.1, -0.05) is 159 Å². The molecule has 6 aromatic rings. The van der Waals surface area contributed by atoms with Crippen LogP contribution >= 0.6 is 7.60 Å². The minimum Gasteiger partial charge on any atom is -0.504 e. The number of carbonyl (C=O) groups excluding carboxylic acids is 1. The van der Waals surface area contributed by atoms with Gasteiger partial charge in [-0.3, -0.25) is 9.57 Å². The molecule has 14 heteroatoms. The summed E-state index contributed by atoms with van der Waals surface area (Å²) in [4.78, 5) is 17.5. The number of urea groups is 1. The largest absolute Gasteiger partial charge is 0.504 e. The van der Waals surface area contributed by atoms with Gasteiger partial charge in [-0.2, -0.15) is 0 Å². The molecule has 0 spiro atoms. The van der Waals surface area contributed by atoms with Gasteiger partial charge in [0.15, 0.2) is 17.8 Å². The van der Waals surface area contributed by atoms with E-state index in [2.05, 4.69) is 48.9 Å². The van der Waals surface area contributed by atoms with E-state index >= 15 is 4.79 Å². The second kappa shape index (κ2) is 24.5. The zero-order chi connectivity index (χ0) is 47.8. The first-order chi connectivity index (χ1) is 32.9. The third kappa shape index (κ3) is 15.1. The van der Waals surface area contributed by atoms with Gasteiger partial charge in [0.25, 0.3) is 0 Å². The van der Waals surface area contributed by atoms with Crippen LogP contribution in [0.4, 0.5) is 4.79 Å². The Balaban J connectivity index is 1.18. The van der Waals surface area contributed by atoms with Crippen molar-refractivity contribution >= 4 is 21.7 Å². The number of hydrazine groups is 1. The monoisotopic (exact) mass is 957 g/mol. The highest BCUT2D eigenvalue weighted by molar-refractivity contribution is 7.53. The maximum absolute atomic E-state index is 15.6. The summed E-state index contributed by atoms with van der Waals surface area (Å²) in [6, 6.07) is 52.3. The number of hydrogen-bond acceptors (Lipinski definition) is 10. The second-order valence-corrected chi connectivity index (χ2v) is 25.8. The standard InChI is InChI=1S/C54H64N3O9PSi/c1-61-52-34-48(27-30-51(52)58)36-56-50(33-43-17-9-5-10-18-43)53(63-41-62-31-32-68(2,3)4)38-55(35-44-19-11-6-12-20-44)57(54(56)59)37-45-25-28-49(29-26-45)64-42-67(60,65-39-46-21-13-7-14-22-46)66-40-47-23-15-8-16-24-47/h5-30,34,50,53,58H,31-33,35-42H2,1-4H3. The van der Waals surface area contributed by atoms with Crippen LogP contribution in [0.1, 0.15) is 33.4 Å². The molecule has 1 saturated heterocycles. The third-order valence-corrected chi connectivity index (χ3v) is 14.9. The molecule has 0 radical (unpaired) electrons. The molecule has 6 aromatic carbocycles. The molecule has 12 nitrogen and oxygen atoms in total. The summed E-state index contributed by atoms with van der Waals surface area (Å²) < 4.78 is 50.7. The third-order valence-electron chi connectivity index (χ3n) is 11.7. The summed E-state index contributed by atoms with van der Waals surface area (Å²) in [5.41, 5.74) is 5.44. The molecule has 1 aliphatic rings. The predicted octanol–water partition coefficient (Wildman–Crippen LogP) is 11.5. The Kier molecular flexibility index (Phi) is 18.1. The number of phenols is 1. The molecular formula is C54H64N3O9PSi. The Morgan fingerprint density at radius 2 is 1.21 bits per heavy atom. The minimum atomic E-state index is -3.74. The van der Waals surface area contributed by atoms with Crippen LogP contribution in [0.15, 0.2) is 164 Å². The first-order valence-electron chi connectivity index (χ1n) is 23.1. The summed E-state index contributed by atoms with van der Waals surface area (Å²) in [5, 5.41) is 14.4. The molecule has 1 N–H and O–H groups in total. The van der Waals surface area contributed by atoms with Crippen molar-refractivity contribution in [2.45, 2.75) is 77.1 Å². The molecule has 0 saturated carbocycles. The molecule has 0 aliphatic carbocycles. The Morgan fingerprint density at radius 3 is 1.78 bits per heavy atom. The van der Waals surface area contributed by atoms with Crippen molar-refractivity contribution in [3.63, 3.8) is 0 Å². The van der Waals surface area contributed by atoms with Gasteiger partial charge in [-0.15, -0.1) is 0 Å². The fourth-order valence-corrected chi connectivity index (χ4v) is 9.79. The van der Waals surface area contributed by atoms with E-state index in [1.54, 1.807) is 29.3 Å². The fraction of sp³-hybridized carbons (Fsp3) is 0.315. The summed E-state index contributed by atoms with van der Waals surface area (Å²) >= 11 is 0. The lowest BCUT2D eigenvalue weighted by Crippen LogP contribution is -2.51. The number of nitrogens with zero attached hydrogens (tertiary/aromatic N) is 3. The lowest BCUT2D eigenvalue weighted by atomic mass is 9.98. The maximum atomic E-state index is 15.6. The second-order valence-electron chi connectivity index (χ2n) is 18.2. The van der Waals surface area contributed by atoms with Gasteiger partial charge in [0.05, 0.1) is 39.0 Å². The molecule has 358 valence electrons. The zero-order valence-electron chi connectivity index (χ0n) is 39.5. The van der Waals surface area contributed by atoms with E-state index in [-0.39, 0.29) is 51.2 Å². The Labute approximate surface area is 402 Å². The van der Waals surface area contributed by atoms with Crippen molar-refractivity contribution in [2.75, 3.05) is 33.4 Å². The highest BCUT2D eigenvalue weighted by atomic mass is 31.2. The van der Waals surface area contributed by atoms with Gasteiger partial charge in [-0.05, 0) is 70.1 Å². The number of amides is 2. The van der Waals surface area contributed by atoms with Crippen molar-refractivity contribution in [3.05, 3.63) is 197 Å². The van der Waals surface area contributed by atoms with Crippen molar-refractivity contribution in [3.8, 4) is 17.2 Å². The van der Waals surface area contributed by atoms with E-state index < -0.39 is 27.8 Å². The van der Waals surface area contributed by atoms with Gasteiger partial charge in [-0.25, -0.2) is 9.80 Å². The zero-order valence-corrected chi connectivity index (χ0v) is 41.4. The number of aromatic hydroxyl groups is 1. The van der Waals surface area contributed by atoms with Crippen LogP contribution in [0.2, 0.25) is 25.7 Å². The van der Waals surface area contributed by atoms with Crippen LogP contribution in [0, 0.1) is 0 Å². The lowest BCUT2D eigenvalue weighted by Gasteiger charge is -2.36. The number of methoxy groups -OCH3 is 1. The molecule has 2 atom stereocenters. The smallest absolute Gasteiger partial charge is 0.368 e. The molecule has 1 aliphatic heterocycles. The Bertz CT molecular complexity index is 2450. The molecule has 0 bridgehead atoms. The van der Waals surface area contributed by atoms with Gasteiger partial charge >= 0.3 is 13.6 Å². The summed E-state index contributed by atoms with van der Waals surface area (Å²) in [6.07, 6.45) is -0.252. The maximum Gasteiger partial charge on any atom is 0.368 e. The normalized spacial score (nSPS) is 15.9. The van der Waals surface area contributed by atoms with Crippen LogP contribution in [0.5, 0.6) is 17.2 Å². The van der Waals surface area contributed by atoms with Crippen molar-refractivity contribution in [1.82, 2.24) is 14.9 Å². The van der Waals surface area contributed by atoms with Crippen LogP contribution in [-0.2, 0) is 62.4 Å². The highest BCUT2D eigenvalue weighted by Crippen LogP contribution is 2.50. The van der Waals surface area contributed by atoms with Crippen LogP contribution < -0.4 is 9.47 Å². The van der Waals surface area contributed by atoms with Crippen molar-refractivity contribution in [2.24, 2.45) is 0 Å². The molecular weight excluding hydrogens is 894 g/mol. The van der Waals surface area contributed by atoms with Crippen molar-refractivity contribution in [1.29, 1.82) is 0 Å². The molecule has 68 heavy (non-hydrogen) atoms. The molecule has 2 unspecified atom stereocenters. The van der Waals surface area contributed by atoms with E-state index in [0.717, 1.165) is 39.4 Å². The quantitative estimate of drug-likeness (QED) is 0.0272. The number of ether oxygens (including phenoxy) is 4. The van der Waals surface area contributed by atoms with E-state index in [1.165, 1.54) is 7.11 Å². The summed E-state index contributed by atoms with van der Waals surface area (Å²) in [6.45, 7) is 9.08. The lowest BCUT2D eigenvalue weighted by molar-refractivity contribution is -0.118. The number of rotatable bonds is 24. The van der Waals surface area contributed by atoms with Gasteiger partial charge < -0.3 is 38.0 Å². The molecule has 1 heterocycles. The Hall–Kier alpha value is -5.76. The molecule has 2 amide bonds. The minimum absolute atomic E-state index is 0.0151. The molecule has 1 fully saturated rings. The van der Waals surface area contributed by atoms with Crippen molar-refractivity contribution < 1.29 is 42.5 Å². The number of carbonyl (C=O) groups is 1. The van der Waals surface area contributed by atoms with Gasteiger partial charge in [0.2, 0.25) is 0 Å². The van der Waals surface area contributed by atoms with Gasteiger partial charge in [0.1, 0.15) is 12.5 Å². The molecule has 7 rings (SSSR count). The van der Waals surface area contributed by atoms with Crippen LogP contribution in [0.25, 0.3) is 0 Å². The number of benzene rings is 6. The van der Waals surface area contributed by atoms with E-state index in [1.807, 2.05) is 120 Å². The summed E-state index contributed by atoms with van der Waals surface area (Å²) in [7, 11) is -3.58. The topological polar surface area (TPSA) is 119 Å². The number of phenolic OH excluding ortho intramolecular Hbond substituents is 1. The van der Waals surface area contributed by atoms with Crippen LogP contribution in [0.3, 0.4) is 0 Å².